The molecule has 0 saturated carbocycles. The highest BCUT2D eigenvalue weighted by atomic mass is 35.5. The lowest BCUT2D eigenvalue weighted by atomic mass is 10.1. The molecule has 0 aliphatic carbocycles. The van der Waals surface area contributed by atoms with Crippen molar-refractivity contribution in [3.63, 3.8) is 0 Å². The van der Waals surface area contributed by atoms with Crippen LogP contribution in [-0.4, -0.2) is 19.8 Å². The second-order valence-electron chi connectivity index (χ2n) is 5.57. The summed E-state index contributed by atoms with van der Waals surface area (Å²) in [7, 11) is 1.55. The standard InChI is InChI=1S/C18H17ClN4O2/c1-4-13-6-5-7-16(23-18(24)22(3)20-21-23)14(13)11-25-17-10-12(2)8-9-15(17)19/h4-10H,1,11H2,2-3H3. The third kappa shape index (κ3) is 3.34. The number of benzene rings is 2. The molecule has 0 aliphatic heterocycles. The predicted octanol–water partition coefficient (Wildman–Crippen LogP) is 3.15. The Morgan fingerprint density at radius 1 is 1.28 bits per heavy atom. The minimum atomic E-state index is -0.337. The van der Waals surface area contributed by atoms with Crippen molar-refractivity contribution < 1.29 is 4.74 Å². The van der Waals surface area contributed by atoms with Gasteiger partial charge < -0.3 is 4.74 Å². The minimum Gasteiger partial charge on any atom is -0.487 e. The molecule has 0 amide bonds. The van der Waals surface area contributed by atoms with Crippen molar-refractivity contribution in [2.24, 2.45) is 7.05 Å². The highest BCUT2D eigenvalue weighted by Gasteiger charge is 2.14. The Hall–Kier alpha value is -2.86. The van der Waals surface area contributed by atoms with Crippen LogP contribution in [0.1, 0.15) is 16.7 Å². The van der Waals surface area contributed by atoms with Crippen LogP contribution in [-0.2, 0) is 13.7 Å². The van der Waals surface area contributed by atoms with Gasteiger partial charge in [-0.25, -0.2) is 4.79 Å². The summed E-state index contributed by atoms with van der Waals surface area (Å²) in [4.78, 5) is 12.2. The maximum atomic E-state index is 12.2. The van der Waals surface area contributed by atoms with Crippen molar-refractivity contribution in [3.05, 3.63) is 75.2 Å². The molecule has 0 aliphatic rings. The number of halogens is 1. The summed E-state index contributed by atoms with van der Waals surface area (Å²) in [6.07, 6.45) is 1.71. The van der Waals surface area contributed by atoms with E-state index in [1.165, 1.54) is 9.36 Å². The van der Waals surface area contributed by atoms with E-state index in [2.05, 4.69) is 17.0 Å². The molecule has 0 radical (unpaired) electrons. The molecule has 0 saturated heterocycles. The minimum absolute atomic E-state index is 0.212. The molecule has 0 spiro atoms. The topological polar surface area (TPSA) is 61.9 Å². The summed E-state index contributed by atoms with van der Waals surface area (Å²) in [5.41, 5.74) is 2.92. The fourth-order valence-electron chi connectivity index (χ4n) is 2.47. The van der Waals surface area contributed by atoms with E-state index in [-0.39, 0.29) is 12.3 Å². The van der Waals surface area contributed by atoms with Crippen LogP contribution in [0.25, 0.3) is 11.8 Å². The molecule has 1 aromatic heterocycles. The van der Waals surface area contributed by atoms with E-state index < -0.39 is 0 Å². The molecule has 25 heavy (non-hydrogen) atoms. The Balaban J connectivity index is 2.03. The number of aryl methyl sites for hydroxylation is 2. The number of hydrogen-bond acceptors (Lipinski definition) is 4. The summed E-state index contributed by atoms with van der Waals surface area (Å²) in [6.45, 7) is 6.01. The van der Waals surface area contributed by atoms with Gasteiger partial charge in [0.05, 0.1) is 10.7 Å². The van der Waals surface area contributed by atoms with Gasteiger partial charge in [-0.3, -0.25) is 0 Å². The quantitative estimate of drug-likeness (QED) is 0.704. The molecule has 1 heterocycles. The number of aromatic nitrogens is 4. The van der Waals surface area contributed by atoms with Crippen molar-refractivity contribution in [3.8, 4) is 11.4 Å². The molecule has 0 N–H and O–H groups in total. The van der Waals surface area contributed by atoms with E-state index in [1.807, 2.05) is 31.2 Å². The fourth-order valence-corrected chi connectivity index (χ4v) is 2.65. The number of nitrogens with zero attached hydrogens (tertiary/aromatic N) is 4. The molecule has 6 nitrogen and oxygen atoms in total. The van der Waals surface area contributed by atoms with Crippen molar-refractivity contribution in [2.45, 2.75) is 13.5 Å². The molecule has 0 bridgehead atoms. The highest BCUT2D eigenvalue weighted by molar-refractivity contribution is 6.32. The van der Waals surface area contributed by atoms with E-state index >= 15 is 0 Å². The molecule has 0 atom stereocenters. The van der Waals surface area contributed by atoms with Crippen LogP contribution in [0.15, 0.2) is 47.8 Å². The van der Waals surface area contributed by atoms with E-state index in [0.29, 0.717) is 16.5 Å². The lowest BCUT2D eigenvalue weighted by molar-refractivity contribution is 0.305. The maximum Gasteiger partial charge on any atom is 0.368 e. The van der Waals surface area contributed by atoms with Crippen LogP contribution >= 0.6 is 11.6 Å². The molecule has 0 unspecified atom stereocenters. The second kappa shape index (κ2) is 6.94. The van der Waals surface area contributed by atoms with E-state index in [1.54, 1.807) is 25.3 Å². The third-order valence-corrected chi connectivity index (χ3v) is 4.13. The zero-order chi connectivity index (χ0) is 18.0. The first kappa shape index (κ1) is 17.0. The molecule has 0 fully saturated rings. The van der Waals surface area contributed by atoms with Gasteiger partial charge in [0.25, 0.3) is 0 Å². The molecule has 7 heteroatoms. The zero-order valence-corrected chi connectivity index (χ0v) is 14.7. The van der Waals surface area contributed by atoms with Gasteiger partial charge in [-0.2, -0.15) is 9.36 Å². The van der Waals surface area contributed by atoms with Gasteiger partial charge in [-0.15, -0.1) is 0 Å². The zero-order valence-electron chi connectivity index (χ0n) is 13.9. The number of ether oxygens (including phenoxy) is 1. The lowest BCUT2D eigenvalue weighted by Gasteiger charge is -2.14. The molecule has 3 aromatic rings. The van der Waals surface area contributed by atoms with Crippen LogP contribution in [0.5, 0.6) is 5.75 Å². The normalized spacial score (nSPS) is 10.7. The molecule has 128 valence electrons. The van der Waals surface area contributed by atoms with E-state index in [0.717, 1.165) is 16.7 Å². The number of rotatable bonds is 5. The van der Waals surface area contributed by atoms with Gasteiger partial charge in [0.1, 0.15) is 12.4 Å². The summed E-state index contributed by atoms with van der Waals surface area (Å²) in [5, 5.41) is 8.20. The van der Waals surface area contributed by atoms with Crippen molar-refractivity contribution in [2.75, 3.05) is 0 Å². The van der Waals surface area contributed by atoms with E-state index in [9.17, 15) is 4.79 Å². The van der Waals surface area contributed by atoms with Crippen LogP contribution in [0.2, 0.25) is 5.02 Å². The van der Waals surface area contributed by atoms with Crippen molar-refractivity contribution in [1.29, 1.82) is 0 Å². The second-order valence-corrected chi connectivity index (χ2v) is 5.98. The first-order chi connectivity index (χ1) is 12.0. The van der Waals surface area contributed by atoms with Crippen LogP contribution < -0.4 is 10.4 Å². The monoisotopic (exact) mass is 356 g/mol. The predicted molar refractivity (Wildman–Crippen MR) is 97.2 cm³/mol. The Kier molecular flexibility index (Phi) is 4.72. The summed E-state index contributed by atoms with van der Waals surface area (Å²) >= 11 is 6.20. The summed E-state index contributed by atoms with van der Waals surface area (Å²) in [6, 6.07) is 11.1. The Morgan fingerprint density at radius 2 is 2.08 bits per heavy atom. The molecular formula is C18H17ClN4O2. The van der Waals surface area contributed by atoms with Gasteiger partial charge in [0, 0.05) is 12.6 Å². The number of tetrazole rings is 1. The van der Waals surface area contributed by atoms with Crippen molar-refractivity contribution in [1.82, 2.24) is 19.8 Å². The first-order valence-corrected chi connectivity index (χ1v) is 8.01. The summed E-state index contributed by atoms with van der Waals surface area (Å²) < 4.78 is 8.31. The van der Waals surface area contributed by atoms with Gasteiger partial charge >= 0.3 is 5.69 Å². The SMILES string of the molecule is C=Cc1cccc(-n2nnn(C)c2=O)c1COc1cc(C)ccc1Cl. The Bertz CT molecular complexity index is 991. The van der Waals surface area contributed by atoms with Gasteiger partial charge in [-0.1, -0.05) is 42.5 Å². The fraction of sp³-hybridized carbons (Fsp3) is 0.167. The number of hydrogen-bond donors (Lipinski definition) is 0. The van der Waals surface area contributed by atoms with Crippen LogP contribution in [0.3, 0.4) is 0 Å². The smallest absolute Gasteiger partial charge is 0.368 e. The highest BCUT2D eigenvalue weighted by Crippen LogP contribution is 2.28. The van der Waals surface area contributed by atoms with Gasteiger partial charge in [0.2, 0.25) is 0 Å². The molecule has 3 rings (SSSR count). The van der Waals surface area contributed by atoms with Crippen LogP contribution in [0.4, 0.5) is 0 Å². The molecular weight excluding hydrogens is 340 g/mol. The lowest BCUT2D eigenvalue weighted by Crippen LogP contribution is -2.23. The average molecular weight is 357 g/mol. The maximum absolute atomic E-state index is 12.2. The largest absolute Gasteiger partial charge is 0.487 e. The van der Waals surface area contributed by atoms with Crippen molar-refractivity contribution >= 4 is 17.7 Å². The Morgan fingerprint density at radius 3 is 2.76 bits per heavy atom. The summed E-state index contributed by atoms with van der Waals surface area (Å²) in [5.74, 6) is 0.581. The first-order valence-electron chi connectivity index (χ1n) is 7.64. The molecule has 2 aromatic carbocycles. The van der Waals surface area contributed by atoms with Gasteiger partial charge in [-0.05, 0) is 46.7 Å². The van der Waals surface area contributed by atoms with Crippen LogP contribution in [0, 0.1) is 6.92 Å². The van der Waals surface area contributed by atoms with E-state index in [4.69, 9.17) is 16.3 Å². The third-order valence-electron chi connectivity index (χ3n) is 3.82. The Labute approximate surface area is 149 Å². The van der Waals surface area contributed by atoms with Gasteiger partial charge in [0.15, 0.2) is 0 Å². The average Bonchev–Trinajstić information content (AvgIpc) is 2.94.